The molecule has 3 heteroatoms. The Morgan fingerprint density at radius 2 is 1.78 bits per heavy atom. The fourth-order valence-electron chi connectivity index (χ4n) is 3.97. The van der Waals surface area contributed by atoms with Crippen molar-refractivity contribution in [3.8, 4) is 0 Å². The van der Waals surface area contributed by atoms with Crippen LogP contribution in [0.1, 0.15) is 36.1 Å². The van der Waals surface area contributed by atoms with Gasteiger partial charge in [-0.3, -0.25) is 4.79 Å². The number of benzene rings is 2. The minimum atomic E-state index is -0.510. The molecule has 0 aliphatic carbocycles. The lowest BCUT2D eigenvalue weighted by Crippen LogP contribution is -2.49. The molecule has 2 aromatic rings. The highest BCUT2D eigenvalue weighted by Crippen LogP contribution is 2.43. The number of hydrogen-bond acceptors (Lipinski definition) is 2. The molecular formula is C20H21NO2. The number of hydrogen-bond donors (Lipinski definition) is 0. The average molecular weight is 307 g/mol. The molecule has 0 radical (unpaired) electrons. The Labute approximate surface area is 136 Å². The minimum absolute atomic E-state index is 0.0120. The molecule has 0 bridgehead atoms. The summed E-state index contributed by atoms with van der Waals surface area (Å²) in [6.45, 7) is 2.69. The molecule has 118 valence electrons. The zero-order valence-corrected chi connectivity index (χ0v) is 13.4. The van der Waals surface area contributed by atoms with Gasteiger partial charge in [-0.1, -0.05) is 61.5 Å². The van der Waals surface area contributed by atoms with Crippen molar-refractivity contribution >= 4 is 5.91 Å². The second-order valence-corrected chi connectivity index (χ2v) is 6.42. The van der Waals surface area contributed by atoms with Gasteiger partial charge in [0.25, 0.3) is 0 Å². The van der Waals surface area contributed by atoms with Crippen LogP contribution in [0.4, 0.5) is 0 Å². The van der Waals surface area contributed by atoms with E-state index < -0.39 is 5.72 Å². The highest BCUT2D eigenvalue weighted by molar-refractivity contribution is 5.81. The summed E-state index contributed by atoms with van der Waals surface area (Å²) in [6, 6.07) is 18.5. The standard InChI is InChI=1S/C20H21NO2/c1-2-20-13-17-11-7-6-10-16(17)12-19(22)21(20)18(14-23-20)15-8-4-3-5-9-15/h3-11,18H,2,12-14H2,1H3/t18-,20+/m1/s1. The van der Waals surface area contributed by atoms with E-state index in [0.717, 1.165) is 24.0 Å². The Morgan fingerprint density at radius 3 is 2.52 bits per heavy atom. The maximum Gasteiger partial charge on any atom is 0.229 e. The molecule has 2 aromatic carbocycles. The third-order valence-electron chi connectivity index (χ3n) is 5.19. The molecule has 2 aliphatic heterocycles. The Kier molecular flexibility index (Phi) is 3.46. The zero-order chi connectivity index (χ0) is 15.9. The lowest BCUT2D eigenvalue weighted by molar-refractivity contribution is -0.150. The van der Waals surface area contributed by atoms with Crippen molar-refractivity contribution in [1.29, 1.82) is 0 Å². The molecule has 0 spiro atoms. The lowest BCUT2D eigenvalue weighted by Gasteiger charge is -2.37. The lowest BCUT2D eigenvalue weighted by atomic mass is 9.96. The van der Waals surface area contributed by atoms with Crippen LogP contribution >= 0.6 is 0 Å². The Hall–Kier alpha value is -2.13. The van der Waals surface area contributed by atoms with Gasteiger partial charge in [0.05, 0.1) is 19.1 Å². The van der Waals surface area contributed by atoms with Crippen molar-refractivity contribution in [3.05, 3.63) is 71.3 Å². The molecule has 4 rings (SSSR count). The fraction of sp³-hybridized carbons (Fsp3) is 0.350. The summed E-state index contributed by atoms with van der Waals surface area (Å²) in [5.41, 5.74) is 3.01. The van der Waals surface area contributed by atoms with Crippen LogP contribution in [0, 0.1) is 0 Å². The molecule has 1 saturated heterocycles. The second-order valence-electron chi connectivity index (χ2n) is 6.42. The van der Waals surface area contributed by atoms with E-state index in [4.69, 9.17) is 4.74 Å². The van der Waals surface area contributed by atoms with Crippen molar-refractivity contribution < 1.29 is 9.53 Å². The Bertz CT molecular complexity index is 727. The van der Waals surface area contributed by atoms with Crippen LogP contribution < -0.4 is 0 Å². The van der Waals surface area contributed by atoms with E-state index in [1.165, 1.54) is 5.56 Å². The molecule has 0 saturated carbocycles. The van der Waals surface area contributed by atoms with Crippen LogP contribution in [0.5, 0.6) is 0 Å². The summed E-state index contributed by atoms with van der Waals surface area (Å²) in [5, 5.41) is 0. The SMILES string of the molecule is CC[C@]12Cc3ccccc3CC(=O)N1[C@@H](c1ccccc1)CO2. The van der Waals surface area contributed by atoms with E-state index in [-0.39, 0.29) is 11.9 Å². The summed E-state index contributed by atoms with van der Waals surface area (Å²) in [6.07, 6.45) is 2.04. The van der Waals surface area contributed by atoms with Gasteiger partial charge in [0, 0.05) is 6.42 Å². The molecule has 1 amide bonds. The largest absolute Gasteiger partial charge is 0.353 e. The number of carbonyl (C=O) groups is 1. The molecule has 0 aromatic heterocycles. The van der Waals surface area contributed by atoms with Crippen molar-refractivity contribution in [2.75, 3.05) is 6.61 Å². The number of ether oxygens (including phenoxy) is 1. The van der Waals surface area contributed by atoms with Gasteiger partial charge in [0.15, 0.2) is 0 Å². The summed E-state index contributed by atoms with van der Waals surface area (Å²) in [7, 11) is 0. The topological polar surface area (TPSA) is 29.5 Å². The molecule has 23 heavy (non-hydrogen) atoms. The average Bonchev–Trinajstić information content (AvgIpc) is 2.91. The second kappa shape index (κ2) is 5.50. The summed E-state index contributed by atoms with van der Waals surface area (Å²) >= 11 is 0. The van der Waals surface area contributed by atoms with E-state index >= 15 is 0 Å². The quantitative estimate of drug-likeness (QED) is 0.850. The number of fused-ring (bicyclic) bond motifs is 2. The highest BCUT2D eigenvalue weighted by atomic mass is 16.5. The number of amides is 1. The van der Waals surface area contributed by atoms with Gasteiger partial charge in [0.2, 0.25) is 5.91 Å². The van der Waals surface area contributed by atoms with Gasteiger partial charge in [-0.15, -0.1) is 0 Å². The Balaban J connectivity index is 1.79. The maximum atomic E-state index is 13.1. The van der Waals surface area contributed by atoms with Crippen molar-refractivity contribution in [3.63, 3.8) is 0 Å². The fourth-order valence-corrected chi connectivity index (χ4v) is 3.97. The molecule has 2 atom stereocenters. The predicted octanol–water partition coefficient (Wildman–Crippen LogP) is 3.49. The number of rotatable bonds is 2. The van der Waals surface area contributed by atoms with Gasteiger partial charge < -0.3 is 9.64 Å². The molecule has 2 aliphatic rings. The monoisotopic (exact) mass is 307 g/mol. The van der Waals surface area contributed by atoms with Crippen molar-refractivity contribution in [1.82, 2.24) is 4.90 Å². The highest BCUT2D eigenvalue weighted by Gasteiger charge is 2.50. The molecule has 2 heterocycles. The molecule has 3 nitrogen and oxygen atoms in total. The molecule has 0 unspecified atom stereocenters. The van der Waals surface area contributed by atoms with Gasteiger partial charge in [-0.2, -0.15) is 0 Å². The van der Waals surface area contributed by atoms with Crippen molar-refractivity contribution in [2.24, 2.45) is 0 Å². The van der Waals surface area contributed by atoms with E-state index in [2.05, 4.69) is 31.2 Å². The number of nitrogens with zero attached hydrogens (tertiary/aromatic N) is 1. The first-order valence-corrected chi connectivity index (χ1v) is 8.31. The van der Waals surface area contributed by atoms with Gasteiger partial charge in [-0.25, -0.2) is 0 Å². The third kappa shape index (κ3) is 2.27. The summed E-state index contributed by atoms with van der Waals surface area (Å²) < 4.78 is 6.27. The summed E-state index contributed by atoms with van der Waals surface area (Å²) in [5.74, 6) is 0.170. The van der Waals surface area contributed by atoms with E-state index in [0.29, 0.717) is 13.0 Å². The summed E-state index contributed by atoms with van der Waals surface area (Å²) in [4.78, 5) is 15.1. The number of carbonyl (C=O) groups excluding carboxylic acids is 1. The van der Waals surface area contributed by atoms with Crippen LogP contribution in [0.15, 0.2) is 54.6 Å². The first-order valence-electron chi connectivity index (χ1n) is 8.31. The van der Waals surface area contributed by atoms with Crippen molar-refractivity contribution in [2.45, 2.75) is 38.0 Å². The van der Waals surface area contributed by atoms with Crippen LogP contribution in [0.2, 0.25) is 0 Å². The van der Waals surface area contributed by atoms with Crippen LogP contribution in [0.3, 0.4) is 0 Å². The van der Waals surface area contributed by atoms with Crippen LogP contribution in [0.25, 0.3) is 0 Å². The van der Waals surface area contributed by atoms with E-state index in [9.17, 15) is 4.79 Å². The van der Waals surface area contributed by atoms with Gasteiger partial charge in [0.1, 0.15) is 5.72 Å². The first-order chi connectivity index (χ1) is 11.2. The van der Waals surface area contributed by atoms with Crippen LogP contribution in [-0.4, -0.2) is 23.1 Å². The zero-order valence-electron chi connectivity index (χ0n) is 13.4. The van der Waals surface area contributed by atoms with Gasteiger partial charge in [-0.05, 0) is 23.1 Å². The molecular weight excluding hydrogens is 286 g/mol. The van der Waals surface area contributed by atoms with E-state index in [1.54, 1.807) is 0 Å². The normalized spacial score (nSPS) is 26.6. The third-order valence-corrected chi connectivity index (χ3v) is 5.19. The maximum absolute atomic E-state index is 13.1. The predicted molar refractivity (Wildman–Crippen MR) is 88.9 cm³/mol. The Morgan fingerprint density at radius 1 is 1.09 bits per heavy atom. The minimum Gasteiger partial charge on any atom is -0.353 e. The smallest absolute Gasteiger partial charge is 0.229 e. The molecule has 0 N–H and O–H groups in total. The molecule has 1 fully saturated rings. The first kappa shape index (κ1) is 14.5. The van der Waals surface area contributed by atoms with E-state index in [1.807, 2.05) is 35.2 Å². The van der Waals surface area contributed by atoms with Crippen LogP contribution in [-0.2, 0) is 22.4 Å². The van der Waals surface area contributed by atoms with Gasteiger partial charge >= 0.3 is 0 Å².